The van der Waals surface area contributed by atoms with Gasteiger partial charge in [-0.1, -0.05) is 84.3 Å². The summed E-state index contributed by atoms with van der Waals surface area (Å²) in [7, 11) is 0. The van der Waals surface area contributed by atoms with E-state index in [0.29, 0.717) is 0 Å². The highest BCUT2D eigenvalue weighted by molar-refractivity contribution is 5.73. The number of allylic oxidation sites excluding steroid dienone is 2. The molecule has 0 aromatic carbocycles. The summed E-state index contributed by atoms with van der Waals surface area (Å²) in [4.78, 5) is 13.4. The molecule has 0 saturated heterocycles. The van der Waals surface area contributed by atoms with Gasteiger partial charge in [0.25, 0.3) is 0 Å². The first-order valence-electron chi connectivity index (χ1n) is 10.8. The summed E-state index contributed by atoms with van der Waals surface area (Å²) < 4.78 is 0. The highest BCUT2D eigenvalue weighted by Gasteiger charge is 2.22. The second-order valence-electron chi connectivity index (χ2n) is 7.09. The Morgan fingerprint density at radius 3 is 1.76 bits per heavy atom. The van der Waals surface area contributed by atoms with Crippen LogP contribution in [0.4, 0.5) is 0 Å². The lowest BCUT2D eigenvalue weighted by Gasteiger charge is -2.26. The molecule has 0 aliphatic carbocycles. The molecule has 148 valence electrons. The number of rotatable bonds is 18. The highest BCUT2D eigenvalue weighted by atomic mass is 16.4. The first-order chi connectivity index (χ1) is 12.2. The molecule has 0 saturated carbocycles. The monoisotopic (exact) mass is 353 g/mol. The zero-order chi connectivity index (χ0) is 18.8. The van der Waals surface area contributed by atoms with Crippen molar-refractivity contribution in [2.45, 2.75) is 110 Å². The summed E-state index contributed by atoms with van der Waals surface area (Å²) in [5.41, 5.74) is 0. The van der Waals surface area contributed by atoms with Gasteiger partial charge in [0.1, 0.15) is 6.04 Å². The Labute approximate surface area is 156 Å². The van der Waals surface area contributed by atoms with Gasteiger partial charge in [-0.15, -0.1) is 0 Å². The molecule has 25 heavy (non-hydrogen) atoms. The van der Waals surface area contributed by atoms with E-state index in [4.69, 9.17) is 0 Å². The summed E-state index contributed by atoms with van der Waals surface area (Å²) in [6, 6.07) is -0.299. The van der Waals surface area contributed by atoms with Crippen molar-refractivity contribution >= 4 is 5.97 Å². The van der Waals surface area contributed by atoms with Crippen molar-refractivity contribution in [2.24, 2.45) is 0 Å². The normalized spacial score (nSPS) is 13.0. The molecule has 0 spiro atoms. The first kappa shape index (κ1) is 24.2. The second kappa shape index (κ2) is 18.0. The van der Waals surface area contributed by atoms with Crippen molar-refractivity contribution in [1.29, 1.82) is 0 Å². The van der Waals surface area contributed by atoms with Crippen molar-refractivity contribution in [2.75, 3.05) is 13.1 Å². The third kappa shape index (κ3) is 14.1. The summed E-state index contributed by atoms with van der Waals surface area (Å²) >= 11 is 0. The van der Waals surface area contributed by atoms with Gasteiger partial charge in [-0.3, -0.25) is 9.69 Å². The SMILES string of the molecule is CCCCCCCC/C=C\CCCCCCC(C(=O)O)N(CC)CC. The molecule has 3 nitrogen and oxygen atoms in total. The molecule has 0 aliphatic rings. The fourth-order valence-electron chi connectivity index (χ4n) is 3.36. The van der Waals surface area contributed by atoms with Crippen molar-refractivity contribution < 1.29 is 9.90 Å². The molecule has 0 amide bonds. The number of hydrogen-bond donors (Lipinski definition) is 1. The van der Waals surface area contributed by atoms with Gasteiger partial charge in [0.15, 0.2) is 0 Å². The standard InChI is InChI=1S/C22H43NO2/c1-4-7-8-9-10-11-12-13-14-15-16-17-18-19-20-21(22(24)25)23(5-2)6-3/h13-14,21H,4-12,15-20H2,1-3H3,(H,24,25)/b14-13-. The average molecular weight is 354 g/mol. The molecule has 3 heteroatoms. The fourth-order valence-corrected chi connectivity index (χ4v) is 3.36. The van der Waals surface area contributed by atoms with Crippen LogP contribution >= 0.6 is 0 Å². The lowest BCUT2D eigenvalue weighted by Crippen LogP contribution is -2.40. The molecule has 1 N–H and O–H groups in total. The van der Waals surface area contributed by atoms with Crippen LogP contribution in [0.25, 0.3) is 0 Å². The Kier molecular flexibility index (Phi) is 17.4. The van der Waals surface area contributed by atoms with E-state index in [1.807, 2.05) is 18.7 Å². The largest absolute Gasteiger partial charge is 0.480 e. The molecule has 1 unspecified atom stereocenters. The van der Waals surface area contributed by atoms with Crippen LogP contribution in [-0.2, 0) is 4.79 Å². The summed E-state index contributed by atoms with van der Waals surface area (Å²) in [5.74, 6) is -0.665. The number of unbranched alkanes of at least 4 members (excludes halogenated alkanes) is 10. The molecule has 0 fully saturated rings. The number of carboxylic acids is 1. The maximum Gasteiger partial charge on any atom is 0.320 e. The van der Waals surface area contributed by atoms with Crippen LogP contribution in [0.1, 0.15) is 104 Å². The van der Waals surface area contributed by atoms with E-state index in [2.05, 4.69) is 19.1 Å². The topological polar surface area (TPSA) is 40.5 Å². The third-order valence-corrected chi connectivity index (χ3v) is 5.03. The smallest absolute Gasteiger partial charge is 0.320 e. The molecule has 1 atom stereocenters. The Balaban J connectivity index is 3.53. The van der Waals surface area contributed by atoms with Gasteiger partial charge >= 0.3 is 5.97 Å². The minimum absolute atomic E-state index is 0.299. The van der Waals surface area contributed by atoms with Gasteiger partial charge in [0.2, 0.25) is 0 Å². The Morgan fingerprint density at radius 1 is 0.800 bits per heavy atom. The summed E-state index contributed by atoms with van der Waals surface area (Å²) in [6.07, 6.45) is 20.7. The highest BCUT2D eigenvalue weighted by Crippen LogP contribution is 2.13. The van der Waals surface area contributed by atoms with Gasteiger partial charge < -0.3 is 5.11 Å². The van der Waals surface area contributed by atoms with Crippen LogP contribution in [0.15, 0.2) is 12.2 Å². The van der Waals surface area contributed by atoms with E-state index >= 15 is 0 Å². The maximum absolute atomic E-state index is 11.4. The van der Waals surface area contributed by atoms with E-state index < -0.39 is 5.97 Å². The van der Waals surface area contributed by atoms with Crippen LogP contribution in [0, 0.1) is 0 Å². The molecule has 0 aromatic rings. The predicted molar refractivity (Wildman–Crippen MR) is 109 cm³/mol. The molecule has 0 aliphatic heterocycles. The lowest BCUT2D eigenvalue weighted by atomic mass is 10.0. The number of hydrogen-bond acceptors (Lipinski definition) is 2. The Bertz CT molecular complexity index is 324. The number of aliphatic carboxylic acids is 1. The molecular weight excluding hydrogens is 310 g/mol. The number of carboxylic acid groups (broad SMARTS) is 1. The van der Waals surface area contributed by atoms with E-state index in [0.717, 1.165) is 32.4 Å². The Hall–Kier alpha value is -0.830. The molecule has 0 rings (SSSR count). The predicted octanol–water partition coefficient (Wildman–Crippen LogP) is 6.43. The number of nitrogens with zero attached hydrogens (tertiary/aromatic N) is 1. The number of carbonyl (C=O) groups is 1. The molecule has 0 heterocycles. The van der Waals surface area contributed by atoms with Gasteiger partial charge in [0.05, 0.1) is 0 Å². The molecule has 0 aromatic heterocycles. The number of likely N-dealkylation sites (N-methyl/N-ethyl adjacent to an activating group) is 1. The van der Waals surface area contributed by atoms with Crippen molar-refractivity contribution in [3.8, 4) is 0 Å². The molecule has 0 bridgehead atoms. The minimum atomic E-state index is -0.665. The lowest BCUT2D eigenvalue weighted by molar-refractivity contribution is -0.143. The van der Waals surface area contributed by atoms with Gasteiger partial charge in [-0.2, -0.15) is 0 Å². The zero-order valence-electron chi connectivity index (χ0n) is 17.1. The summed E-state index contributed by atoms with van der Waals surface area (Å²) in [5, 5.41) is 9.36. The average Bonchev–Trinajstić information content (AvgIpc) is 2.61. The Morgan fingerprint density at radius 2 is 1.28 bits per heavy atom. The van der Waals surface area contributed by atoms with Gasteiger partial charge in [-0.25, -0.2) is 0 Å². The van der Waals surface area contributed by atoms with Crippen LogP contribution in [0.5, 0.6) is 0 Å². The van der Waals surface area contributed by atoms with Crippen molar-refractivity contribution in [3.05, 3.63) is 12.2 Å². The molecule has 0 radical (unpaired) electrons. The first-order valence-corrected chi connectivity index (χ1v) is 10.8. The van der Waals surface area contributed by atoms with E-state index in [-0.39, 0.29) is 6.04 Å². The van der Waals surface area contributed by atoms with Crippen LogP contribution in [-0.4, -0.2) is 35.1 Å². The van der Waals surface area contributed by atoms with E-state index in [1.54, 1.807) is 0 Å². The van der Waals surface area contributed by atoms with E-state index in [9.17, 15) is 9.90 Å². The van der Waals surface area contributed by atoms with Crippen LogP contribution in [0.2, 0.25) is 0 Å². The second-order valence-corrected chi connectivity index (χ2v) is 7.09. The van der Waals surface area contributed by atoms with E-state index in [1.165, 1.54) is 64.2 Å². The van der Waals surface area contributed by atoms with Crippen LogP contribution < -0.4 is 0 Å². The van der Waals surface area contributed by atoms with Crippen molar-refractivity contribution in [1.82, 2.24) is 4.90 Å². The fraction of sp³-hybridized carbons (Fsp3) is 0.864. The maximum atomic E-state index is 11.4. The summed E-state index contributed by atoms with van der Waals surface area (Å²) in [6.45, 7) is 7.97. The quantitative estimate of drug-likeness (QED) is 0.228. The molecular formula is C22H43NO2. The van der Waals surface area contributed by atoms with Gasteiger partial charge in [0, 0.05) is 0 Å². The van der Waals surface area contributed by atoms with Crippen LogP contribution in [0.3, 0.4) is 0 Å². The van der Waals surface area contributed by atoms with Crippen molar-refractivity contribution in [3.63, 3.8) is 0 Å². The minimum Gasteiger partial charge on any atom is -0.480 e. The van der Waals surface area contributed by atoms with Gasteiger partial charge in [-0.05, 0) is 45.2 Å². The zero-order valence-corrected chi connectivity index (χ0v) is 17.1. The third-order valence-electron chi connectivity index (χ3n) is 5.03.